The molecule has 3 N–H and O–H groups in total. The number of hydrogen-bond donors (Lipinski definition) is 2. The van der Waals surface area contributed by atoms with Crippen LogP contribution in [0.2, 0.25) is 5.02 Å². The van der Waals surface area contributed by atoms with Gasteiger partial charge in [0.1, 0.15) is 4.90 Å². The van der Waals surface area contributed by atoms with Crippen molar-refractivity contribution < 1.29 is 13.5 Å². The van der Waals surface area contributed by atoms with E-state index in [0.717, 1.165) is 0 Å². The van der Waals surface area contributed by atoms with Crippen molar-refractivity contribution in [1.82, 2.24) is 4.31 Å². The number of piperidine rings is 1. The smallest absolute Gasteiger partial charge is 0.245 e. The third kappa shape index (κ3) is 3.09. The first kappa shape index (κ1) is 15.6. The Kier molecular flexibility index (Phi) is 4.59. The van der Waals surface area contributed by atoms with Crippen LogP contribution >= 0.6 is 11.6 Å². The highest BCUT2D eigenvalue weighted by Gasteiger charge is 2.32. The molecule has 1 aliphatic rings. The monoisotopic (exact) mass is 318 g/mol. The van der Waals surface area contributed by atoms with Crippen molar-refractivity contribution in [2.75, 3.05) is 18.8 Å². The van der Waals surface area contributed by atoms with Gasteiger partial charge < -0.3 is 10.8 Å². The highest BCUT2D eigenvalue weighted by atomic mass is 35.5. The maximum absolute atomic E-state index is 12.6. The molecule has 0 saturated carbocycles. The summed E-state index contributed by atoms with van der Waals surface area (Å²) in [7, 11) is -3.62. The molecule has 1 heterocycles. The Balaban J connectivity index is 2.22. The maximum atomic E-state index is 12.6. The summed E-state index contributed by atoms with van der Waals surface area (Å²) in [4.78, 5) is 0.0560. The van der Waals surface area contributed by atoms with E-state index in [1.54, 1.807) is 13.0 Å². The quantitative estimate of drug-likeness (QED) is 0.831. The molecule has 1 atom stereocenters. The minimum absolute atomic E-state index is 0.0560. The van der Waals surface area contributed by atoms with Crippen LogP contribution in [0.3, 0.4) is 0 Å². The molecular weight excluding hydrogens is 300 g/mol. The number of benzene rings is 1. The summed E-state index contributed by atoms with van der Waals surface area (Å²) < 4.78 is 26.5. The molecule has 1 aromatic rings. The second-order valence-electron chi connectivity index (χ2n) is 5.16. The third-order valence-corrected chi connectivity index (χ3v) is 5.96. The minimum Gasteiger partial charge on any atom is -0.398 e. The molecule has 1 fully saturated rings. The number of sulfonamides is 1. The first-order chi connectivity index (χ1) is 9.32. The number of aliphatic hydroxyl groups excluding tert-OH is 1. The molecule has 112 valence electrons. The van der Waals surface area contributed by atoms with Crippen LogP contribution < -0.4 is 5.73 Å². The standard InChI is InChI=1S/C13H19ClN2O3S/c1-9(17)10-4-6-16(7-5-10)20(18,19)13-8-11(14)2-3-12(13)15/h2-3,8-10,17H,4-7,15H2,1H3. The van der Waals surface area contributed by atoms with Crippen LogP contribution in [-0.4, -0.2) is 37.0 Å². The van der Waals surface area contributed by atoms with E-state index >= 15 is 0 Å². The summed E-state index contributed by atoms with van der Waals surface area (Å²) in [6.45, 7) is 2.53. The van der Waals surface area contributed by atoms with E-state index in [1.807, 2.05) is 0 Å². The van der Waals surface area contributed by atoms with E-state index < -0.39 is 16.1 Å². The third-order valence-electron chi connectivity index (χ3n) is 3.77. The Morgan fingerprint density at radius 1 is 1.40 bits per heavy atom. The molecule has 0 aromatic heterocycles. The molecule has 5 nitrogen and oxygen atoms in total. The van der Waals surface area contributed by atoms with Gasteiger partial charge >= 0.3 is 0 Å². The maximum Gasteiger partial charge on any atom is 0.245 e. The molecule has 1 aliphatic heterocycles. The first-order valence-corrected chi connectivity index (χ1v) is 8.37. The summed E-state index contributed by atoms with van der Waals surface area (Å²) in [6, 6.07) is 4.44. The van der Waals surface area contributed by atoms with Crippen LogP contribution in [0.5, 0.6) is 0 Å². The number of nitrogens with two attached hydrogens (primary N) is 1. The van der Waals surface area contributed by atoms with Gasteiger partial charge in [0.05, 0.1) is 11.8 Å². The highest BCUT2D eigenvalue weighted by Crippen LogP contribution is 2.29. The van der Waals surface area contributed by atoms with Crippen LogP contribution in [0.25, 0.3) is 0 Å². The normalized spacial score (nSPS) is 19.9. The lowest BCUT2D eigenvalue weighted by Gasteiger charge is -2.32. The molecule has 0 bridgehead atoms. The second kappa shape index (κ2) is 5.89. The van der Waals surface area contributed by atoms with Gasteiger partial charge in [-0.2, -0.15) is 4.31 Å². The summed E-state index contributed by atoms with van der Waals surface area (Å²) >= 11 is 5.85. The summed E-state index contributed by atoms with van der Waals surface area (Å²) in [5.41, 5.74) is 5.95. The van der Waals surface area contributed by atoms with Crippen LogP contribution in [0.15, 0.2) is 23.1 Å². The largest absolute Gasteiger partial charge is 0.398 e. The fourth-order valence-electron chi connectivity index (χ4n) is 2.47. The number of aliphatic hydroxyl groups is 1. The molecule has 0 radical (unpaired) electrons. The highest BCUT2D eigenvalue weighted by molar-refractivity contribution is 7.89. The Bertz CT molecular complexity index is 581. The fourth-order valence-corrected chi connectivity index (χ4v) is 4.32. The molecule has 7 heteroatoms. The predicted octanol–water partition coefficient (Wildman–Crippen LogP) is 1.70. The zero-order valence-corrected chi connectivity index (χ0v) is 12.9. The number of nitrogen functional groups attached to an aromatic ring is 1. The Morgan fingerprint density at radius 3 is 2.55 bits per heavy atom. The summed E-state index contributed by atoms with van der Waals surface area (Å²) in [5, 5.41) is 9.90. The van der Waals surface area contributed by atoms with Crippen molar-refractivity contribution in [1.29, 1.82) is 0 Å². The van der Waals surface area contributed by atoms with E-state index in [1.165, 1.54) is 16.4 Å². The first-order valence-electron chi connectivity index (χ1n) is 6.55. The van der Waals surface area contributed by atoms with Crippen LogP contribution in [0, 0.1) is 5.92 Å². The van der Waals surface area contributed by atoms with Gasteiger partial charge in [0.2, 0.25) is 10.0 Å². The second-order valence-corrected chi connectivity index (χ2v) is 7.51. The number of halogens is 1. The number of hydrogen-bond acceptors (Lipinski definition) is 4. The lowest BCUT2D eigenvalue weighted by Crippen LogP contribution is -2.40. The van der Waals surface area contributed by atoms with Crippen LogP contribution in [0.1, 0.15) is 19.8 Å². The van der Waals surface area contributed by atoms with Crippen molar-refractivity contribution in [2.24, 2.45) is 5.92 Å². The summed E-state index contributed by atoms with van der Waals surface area (Å²) in [6.07, 6.45) is 0.894. The molecule has 1 unspecified atom stereocenters. The lowest BCUT2D eigenvalue weighted by molar-refractivity contribution is 0.0912. The molecule has 0 aliphatic carbocycles. The molecule has 2 rings (SSSR count). The Hall–Kier alpha value is -0.820. The molecule has 0 amide bonds. The van der Waals surface area contributed by atoms with Crippen molar-refractivity contribution >= 4 is 27.3 Å². The van der Waals surface area contributed by atoms with Crippen molar-refractivity contribution in [2.45, 2.75) is 30.8 Å². The number of rotatable bonds is 3. The van der Waals surface area contributed by atoms with Gasteiger partial charge in [0, 0.05) is 18.1 Å². The topological polar surface area (TPSA) is 83.6 Å². The minimum atomic E-state index is -3.62. The zero-order chi connectivity index (χ0) is 14.9. The lowest BCUT2D eigenvalue weighted by atomic mass is 9.93. The van der Waals surface area contributed by atoms with E-state index in [-0.39, 0.29) is 16.5 Å². The van der Waals surface area contributed by atoms with E-state index in [9.17, 15) is 13.5 Å². The van der Waals surface area contributed by atoms with Crippen LogP contribution in [0.4, 0.5) is 5.69 Å². The fraction of sp³-hybridized carbons (Fsp3) is 0.538. The van der Waals surface area contributed by atoms with Gasteiger partial charge in [-0.05, 0) is 43.9 Å². The predicted molar refractivity (Wildman–Crippen MR) is 79.0 cm³/mol. The van der Waals surface area contributed by atoms with E-state index in [0.29, 0.717) is 31.0 Å². The van der Waals surface area contributed by atoms with Gasteiger partial charge in [0.15, 0.2) is 0 Å². The molecular formula is C13H19ClN2O3S. The molecule has 20 heavy (non-hydrogen) atoms. The molecule has 1 aromatic carbocycles. The van der Waals surface area contributed by atoms with Crippen molar-refractivity contribution in [3.63, 3.8) is 0 Å². The van der Waals surface area contributed by atoms with Crippen molar-refractivity contribution in [3.05, 3.63) is 23.2 Å². The zero-order valence-electron chi connectivity index (χ0n) is 11.3. The Labute approximate surface area is 124 Å². The average molecular weight is 319 g/mol. The van der Waals surface area contributed by atoms with Gasteiger partial charge in [0.25, 0.3) is 0 Å². The van der Waals surface area contributed by atoms with Gasteiger partial charge in [-0.1, -0.05) is 11.6 Å². The van der Waals surface area contributed by atoms with E-state index in [4.69, 9.17) is 17.3 Å². The SMILES string of the molecule is CC(O)C1CCN(S(=O)(=O)c2cc(Cl)ccc2N)CC1. The molecule has 1 saturated heterocycles. The van der Waals surface area contributed by atoms with E-state index in [2.05, 4.69) is 0 Å². The van der Waals surface area contributed by atoms with Crippen molar-refractivity contribution in [3.8, 4) is 0 Å². The van der Waals surface area contributed by atoms with Gasteiger partial charge in [-0.3, -0.25) is 0 Å². The average Bonchev–Trinajstić information content (AvgIpc) is 2.41. The number of nitrogens with zero attached hydrogens (tertiary/aromatic N) is 1. The summed E-state index contributed by atoms with van der Waals surface area (Å²) in [5.74, 6) is 0.151. The Morgan fingerprint density at radius 2 is 2.00 bits per heavy atom. The van der Waals surface area contributed by atoms with Crippen LogP contribution in [-0.2, 0) is 10.0 Å². The van der Waals surface area contributed by atoms with Gasteiger partial charge in [-0.25, -0.2) is 8.42 Å². The molecule has 0 spiro atoms. The van der Waals surface area contributed by atoms with Gasteiger partial charge in [-0.15, -0.1) is 0 Å². The number of anilines is 1.